The van der Waals surface area contributed by atoms with Gasteiger partial charge in [-0.15, -0.1) is 10.2 Å². The number of unbranched alkanes of at least 4 members (excludes halogenated alkanes) is 1. The predicted molar refractivity (Wildman–Crippen MR) is 114 cm³/mol. The van der Waals surface area contributed by atoms with Crippen molar-refractivity contribution >= 4 is 35.1 Å². The Morgan fingerprint density at radius 3 is 2.79 bits per heavy atom. The van der Waals surface area contributed by atoms with Crippen molar-refractivity contribution in [3.8, 4) is 5.69 Å². The number of aromatic nitrogens is 5. The average molecular weight is 431 g/mol. The maximum absolute atomic E-state index is 6.85. The number of benzene rings is 1. The Balaban J connectivity index is 1.55. The lowest BCUT2D eigenvalue weighted by molar-refractivity contribution is 0.590. The number of para-hydroxylation sites is 1. The summed E-state index contributed by atoms with van der Waals surface area (Å²) in [5.41, 5.74) is 2.93. The number of fused-ring (bicyclic) bond motifs is 3. The Morgan fingerprint density at radius 1 is 1.18 bits per heavy atom. The quantitative estimate of drug-likeness (QED) is 0.564. The van der Waals surface area contributed by atoms with Crippen LogP contribution in [0, 0.1) is 6.92 Å². The molecule has 3 aromatic rings. The van der Waals surface area contributed by atoms with Crippen molar-refractivity contribution < 1.29 is 0 Å². The molecule has 1 aromatic carbocycles. The summed E-state index contributed by atoms with van der Waals surface area (Å²) < 4.78 is 3.98. The Kier molecular flexibility index (Phi) is 4.65. The van der Waals surface area contributed by atoms with Crippen LogP contribution in [0.5, 0.6) is 0 Å². The number of halogens is 1. The van der Waals surface area contributed by atoms with E-state index in [1.165, 1.54) is 5.03 Å². The molecule has 2 aliphatic rings. The minimum atomic E-state index is 0.0186. The number of nitrogens with zero attached hydrogens (tertiary/aromatic N) is 6. The summed E-state index contributed by atoms with van der Waals surface area (Å²) in [6.45, 7) is 4.21. The standard InChI is InChI=1S/C19H19ClN6S2/c1-3-4-10-14-21-22-19-25(14)26-15(28-19)11-27-18(26)16-12(2)23-24(17(16)20)13-8-6-5-7-9-13/h5-9,11,18H,3-4,10H2,1-2H3. The van der Waals surface area contributed by atoms with Gasteiger partial charge in [0.05, 0.1) is 11.4 Å². The van der Waals surface area contributed by atoms with E-state index in [1.807, 2.05) is 41.9 Å². The molecule has 0 saturated heterocycles. The van der Waals surface area contributed by atoms with Crippen molar-refractivity contribution in [3.63, 3.8) is 0 Å². The molecule has 0 aliphatic carbocycles. The van der Waals surface area contributed by atoms with Crippen LogP contribution < -0.4 is 5.01 Å². The SMILES string of the molecule is CCCCc1nnc2n1N1C(=CSC1c1c(C)nn(-c3ccccc3)c1Cl)S2. The molecule has 9 heteroatoms. The van der Waals surface area contributed by atoms with Crippen LogP contribution in [0.25, 0.3) is 5.69 Å². The van der Waals surface area contributed by atoms with Crippen LogP contribution in [0.3, 0.4) is 0 Å². The Bertz CT molecular complexity index is 1060. The largest absolute Gasteiger partial charge is 0.252 e. The van der Waals surface area contributed by atoms with Gasteiger partial charge in [0.2, 0.25) is 5.16 Å². The van der Waals surface area contributed by atoms with Gasteiger partial charge in [-0.25, -0.2) is 9.36 Å². The lowest BCUT2D eigenvalue weighted by Crippen LogP contribution is -2.31. The maximum atomic E-state index is 6.85. The molecule has 1 unspecified atom stereocenters. The molecule has 0 radical (unpaired) electrons. The van der Waals surface area contributed by atoms with E-state index < -0.39 is 0 Å². The smallest absolute Gasteiger partial charge is 0.216 e. The van der Waals surface area contributed by atoms with Crippen molar-refractivity contribution in [2.45, 2.75) is 43.6 Å². The zero-order valence-corrected chi connectivity index (χ0v) is 17.9. The Hall–Kier alpha value is -1.90. The van der Waals surface area contributed by atoms with E-state index in [0.29, 0.717) is 5.15 Å². The number of hydrogen-bond acceptors (Lipinski definition) is 6. The Labute approximate surface area is 176 Å². The fraction of sp³-hybridized carbons (Fsp3) is 0.316. The molecule has 0 bridgehead atoms. The summed E-state index contributed by atoms with van der Waals surface area (Å²) in [5.74, 6) is 1.00. The van der Waals surface area contributed by atoms with Gasteiger partial charge in [0.1, 0.15) is 15.6 Å². The van der Waals surface area contributed by atoms with Crippen LogP contribution in [0.1, 0.15) is 42.2 Å². The van der Waals surface area contributed by atoms with Crippen LogP contribution in [-0.2, 0) is 6.42 Å². The second-order valence-electron chi connectivity index (χ2n) is 6.74. The molecule has 0 N–H and O–H groups in total. The normalized spacial score (nSPS) is 17.8. The summed E-state index contributed by atoms with van der Waals surface area (Å²) in [6, 6.07) is 10.0. The van der Waals surface area contributed by atoms with Gasteiger partial charge >= 0.3 is 0 Å². The van der Waals surface area contributed by atoms with E-state index >= 15 is 0 Å². The molecule has 1 atom stereocenters. The molecule has 4 heterocycles. The molecule has 2 aliphatic heterocycles. The summed E-state index contributed by atoms with van der Waals surface area (Å²) >= 11 is 10.3. The van der Waals surface area contributed by atoms with Gasteiger partial charge in [0.25, 0.3) is 0 Å². The van der Waals surface area contributed by atoms with E-state index in [0.717, 1.165) is 47.2 Å². The first kappa shape index (κ1) is 18.1. The van der Waals surface area contributed by atoms with E-state index in [9.17, 15) is 0 Å². The highest BCUT2D eigenvalue weighted by atomic mass is 35.5. The topological polar surface area (TPSA) is 51.8 Å². The first-order valence-corrected chi connectivity index (χ1v) is 11.4. The molecule has 0 fully saturated rings. The molecule has 5 rings (SSSR count). The van der Waals surface area contributed by atoms with Crippen molar-refractivity contribution in [1.82, 2.24) is 24.7 Å². The van der Waals surface area contributed by atoms with Crippen molar-refractivity contribution in [1.29, 1.82) is 0 Å². The van der Waals surface area contributed by atoms with Gasteiger partial charge in [0.15, 0.2) is 5.82 Å². The van der Waals surface area contributed by atoms with Crippen LogP contribution in [0.2, 0.25) is 5.15 Å². The third-order valence-electron chi connectivity index (χ3n) is 4.88. The van der Waals surface area contributed by atoms with Crippen molar-refractivity contribution in [3.05, 3.63) is 63.0 Å². The van der Waals surface area contributed by atoms with Gasteiger partial charge in [-0.2, -0.15) is 5.10 Å². The van der Waals surface area contributed by atoms with Crippen LogP contribution >= 0.6 is 35.1 Å². The number of thioether (sulfide) groups is 2. The average Bonchev–Trinajstić information content (AvgIpc) is 3.42. The van der Waals surface area contributed by atoms with Gasteiger partial charge in [-0.05, 0) is 37.2 Å². The first-order valence-electron chi connectivity index (χ1n) is 9.26. The van der Waals surface area contributed by atoms with E-state index in [1.54, 1.807) is 23.5 Å². The van der Waals surface area contributed by atoms with Crippen molar-refractivity contribution in [2.75, 3.05) is 5.01 Å². The maximum Gasteiger partial charge on any atom is 0.216 e. The van der Waals surface area contributed by atoms with Crippen LogP contribution in [0.15, 0.2) is 45.9 Å². The second-order valence-corrected chi connectivity index (χ2v) is 9.04. The minimum absolute atomic E-state index is 0.0186. The highest BCUT2D eigenvalue weighted by molar-refractivity contribution is 8.07. The molecule has 0 amide bonds. The fourth-order valence-electron chi connectivity index (χ4n) is 3.51. The summed E-state index contributed by atoms with van der Waals surface area (Å²) in [4.78, 5) is 0. The molecule has 144 valence electrons. The lowest BCUT2D eigenvalue weighted by atomic mass is 10.2. The molecular formula is C19H19ClN6S2. The van der Waals surface area contributed by atoms with Crippen LogP contribution in [0.4, 0.5) is 0 Å². The predicted octanol–water partition coefficient (Wildman–Crippen LogP) is 5.06. The van der Waals surface area contributed by atoms with Crippen LogP contribution in [-0.4, -0.2) is 24.7 Å². The highest BCUT2D eigenvalue weighted by Gasteiger charge is 2.41. The molecule has 0 saturated carbocycles. The third kappa shape index (κ3) is 2.77. The molecule has 0 spiro atoms. The van der Waals surface area contributed by atoms with E-state index in [2.05, 4.69) is 32.2 Å². The molecular weight excluding hydrogens is 412 g/mol. The summed E-state index contributed by atoms with van der Waals surface area (Å²) in [6.07, 6.45) is 3.14. The molecule has 28 heavy (non-hydrogen) atoms. The summed E-state index contributed by atoms with van der Waals surface area (Å²) in [7, 11) is 0. The van der Waals surface area contributed by atoms with E-state index in [-0.39, 0.29) is 5.37 Å². The minimum Gasteiger partial charge on any atom is -0.252 e. The zero-order chi connectivity index (χ0) is 19.3. The summed E-state index contributed by atoms with van der Waals surface area (Å²) in [5, 5.41) is 20.7. The van der Waals surface area contributed by atoms with Gasteiger partial charge in [0, 0.05) is 17.4 Å². The van der Waals surface area contributed by atoms with Gasteiger partial charge < -0.3 is 0 Å². The first-order chi connectivity index (χ1) is 13.7. The van der Waals surface area contributed by atoms with Crippen molar-refractivity contribution in [2.24, 2.45) is 0 Å². The highest BCUT2D eigenvalue weighted by Crippen LogP contribution is 2.53. The third-order valence-corrected chi connectivity index (χ3v) is 7.40. The van der Waals surface area contributed by atoms with Gasteiger partial charge in [-0.1, -0.05) is 54.9 Å². The number of aryl methyl sites for hydroxylation is 2. The zero-order valence-electron chi connectivity index (χ0n) is 15.5. The molecule has 6 nitrogen and oxygen atoms in total. The van der Waals surface area contributed by atoms with Gasteiger partial charge in [-0.3, -0.25) is 5.01 Å². The molecule has 2 aromatic heterocycles. The number of hydrogen-bond donors (Lipinski definition) is 0. The Morgan fingerprint density at radius 2 is 2.00 bits per heavy atom. The lowest BCUT2D eigenvalue weighted by Gasteiger charge is -2.25. The monoisotopic (exact) mass is 430 g/mol. The second kappa shape index (κ2) is 7.17. The van der Waals surface area contributed by atoms with E-state index in [4.69, 9.17) is 16.7 Å². The fourth-order valence-corrected chi connectivity index (χ4v) is 6.30. The number of rotatable bonds is 5.